The first kappa shape index (κ1) is 31.8. The molecule has 4 nitrogen and oxygen atoms in total. The Morgan fingerprint density at radius 3 is 2.22 bits per heavy atom. The van der Waals surface area contributed by atoms with Crippen LogP contribution in [0.1, 0.15) is 50.7 Å². The van der Waals surface area contributed by atoms with Crippen molar-refractivity contribution in [1.82, 2.24) is 14.5 Å². The molecule has 0 bridgehead atoms. The van der Waals surface area contributed by atoms with Gasteiger partial charge in [0.1, 0.15) is 11.4 Å². The molecule has 0 unspecified atom stereocenters. The van der Waals surface area contributed by atoms with Crippen molar-refractivity contribution in [2.45, 2.75) is 49.5 Å². The van der Waals surface area contributed by atoms with E-state index in [1.165, 1.54) is 22.3 Å². The van der Waals surface area contributed by atoms with E-state index < -0.39 is 0 Å². The number of phenols is 1. The summed E-state index contributed by atoms with van der Waals surface area (Å²) in [7, 11) is 0. The number of phenolic OH excluding ortho intramolecular Hbond substituents is 1. The van der Waals surface area contributed by atoms with Crippen LogP contribution in [-0.4, -0.2) is 19.6 Å². The summed E-state index contributed by atoms with van der Waals surface area (Å²) in [6.07, 6.45) is 1.91. The SMILES string of the molecule is CC(C)c1cccc(C(C)C)c1-c1ccnc(Sc2[c-]c(-c3ccc4c5ccccc5n(-c5ccccc5O)c4n3)ccc2)c1.[Pt]. The number of pyridine rings is 2. The first-order chi connectivity index (χ1) is 21.9. The molecule has 0 saturated heterocycles. The number of hydrogen-bond acceptors (Lipinski definition) is 4. The van der Waals surface area contributed by atoms with Crippen LogP contribution in [0.15, 0.2) is 125 Å². The van der Waals surface area contributed by atoms with Crippen molar-refractivity contribution in [3.05, 3.63) is 133 Å². The van der Waals surface area contributed by atoms with Crippen LogP contribution in [0, 0.1) is 6.07 Å². The van der Waals surface area contributed by atoms with E-state index in [0.717, 1.165) is 43.1 Å². The van der Waals surface area contributed by atoms with Crippen LogP contribution < -0.4 is 0 Å². The van der Waals surface area contributed by atoms with Crippen LogP contribution in [0.5, 0.6) is 5.75 Å². The van der Waals surface area contributed by atoms with Gasteiger partial charge in [-0.25, -0.2) is 4.98 Å². The van der Waals surface area contributed by atoms with Crippen LogP contribution in [0.25, 0.3) is 50.0 Å². The van der Waals surface area contributed by atoms with Gasteiger partial charge in [-0.05, 0) is 70.1 Å². The maximum absolute atomic E-state index is 10.8. The van der Waals surface area contributed by atoms with Gasteiger partial charge in [0, 0.05) is 38.0 Å². The third-order valence-electron chi connectivity index (χ3n) is 8.30. The molecule has 0 saturated carbocycles. The first-order valence-corrected chi connectivity index (χ1v) is 16.2. The summed E-state index contributed by atoms with van der Waals surface area (Å²) in [5, 5.41) is 13.8. The number of hydrogen-bond donors (Lipinski definition) is 1. The number of nitrogens with zero attached hydrogens (tertiary/aromatic N) is 3. The molecule has 0 radical (unpaired) electrons. The normalized spacial score (nSPS) is 11.4. The Morgan fingerprint density at radius 1 is 0.739 bits per heavy atom. The van der Waals surface area contributed by atoms with E-state index in [1.54, 1.807) is 17.8 Å². The van der Waals surface area contributed by atoms with Crippen LogP contribution >= 0.6 is 11.8 Å². The Balaban J connectivity index is 0.00000372. The van der Waals surface area contributed by atoms with Gasteiger partial charge in [-0.2, -0.15) is 0 Å². The van der Waals surface area contributed by atoms with Crippen molar-refractivity contribution in [2.24, 2.45) is 0 Å². The smallest absolute Gasteiger partial charge is 0.139 e. The summed E-state index contributed by atoms with van der Waals surface area (Å²) >= 11 is 1.61. The summed E-state index contributed by atoms with van der Waals surface area (Å²) in [5.41, 5.74) is 9.45. The van der Waals surface area contributed by atoms with Crippen molar-refractivity contribution < 1.29 is 26.2 Å². The average molecular weight is 800 g/mol. The van der Waals surface area contributed by atoms with Gasteiger partial charge in [0.25, 0.3) is 0 Å². The molecule has 7 rings (SSSR count). The number of aromatic hydroxyl groups is 1. The molecule has 7 aromatic rings. The second-order valence-electron chi connectivity index (χ2n) is 11.9. The Labute approximate surface area is 288 Å². The Kier molecular flexibility index (Phi) is 9.17. The molecule has 0 aliphatic rings. The third-order valence-corrected chi connectivity index (χ3v) is 9.19. The minimum absolute atomic E-state index is 0. The summed E-state index contributed by atoms with van der Waals surface area (Å²) in [4.78, 5) is 10.9. The van der Waals surface area contributed by atoms with Crippen LogP contribution in [0.4, 0.5) is 0 Å². The average Bonchev–Trinajstić information content (AvgIpc) is 3.38. The summed E-state index contributed by atoms with van der Waals surface area (Å²) in [6, 6.07) is 40.6. The van der Waals surface area contributed by atoms with Crippen LogP contribution in [-0.2, 0) is 21.1 Å². The van der Waals surface area contributed by atoms with Crippen molar-refractivity contribution in [3.8, 4) is 33.8 Å². The molecule has 0 fully saturated rings. The molecule has 232 valence electrons. The van der Waals surface area contributed by atoms with Gasteiger partial charge < -0.3 is 5.11 Å². The van der Waals surface area contributed by atoms with E-state index >= 15 is 0 Å². The molecular formula is C40H34N3OPtS-. The first-order valence-electron chi connectivity index (χ1n) is 15.4. The fourth-order valence-electron chi connectivity index (χ4n) is 6.16. The Morgan fingerprint density at radius 2 is 1.46 bits per heavy atom. The van der Waals surface area contributed by atoms with Gasteiger partial charge >= 0.3 is 0 Å². The van der Waals surface area contributed by atoms with Crippen molar-refractivity contribution in [2.75, 3.05) is 0 Å². The zero-order chi connectivity index (χ0) is 31.1. The molecule has 3 heterocycles. The molecule has 0 aliphatic carbocycles. The number of benzene rings is 4. The summed E-state index contributed by atoms with van der Waals surface area (Å²) in [5.74, 6) is 1.05. The maximum Gasteiger partial charge on any atom is 0.139 e. The van der Waals surface area contributed by atoms with Crippen molar-refractivity contribution in [3.63, 3.8) is 0 Å². The number of fused-ring (bicyclic) bond motifs is 3. The quantitative estimate of drug-likeness (QED) is 0.163. The second kappa shape index (κ2) is 13.3. The second-order valence-corrected chi connectivity index (χ2v) is 13.0. The van der Waals surface area contributed by atoms with Crippen LogP contribution in [0.3, 0.4) is 0 Å². The van der Waals surface area contributed by atoms with Gasteiger partial charge in [-0.3, -0.25) is 9.55 Å². The van der Waals surface area contributed by atoms with E-state index in [1.807, 2.05) is 53.2 Å². The van der Waals surface area contributed by atoms with E-state index in [0.29, 0.717) is 17.5 Å². The summed E-state index contributed by atoms with van der Waals surface area (Å²) in [6.45, 7) is 9.03. The fourth-order valence-corrected chi connectivity index (χ4v) is 6.99. The van der Waals surface area contributed by atoms with Gasteiger partial charge in [0.15, 0.2) is 0 Å². The number of rotatable bonds is 7. The Hall–Kier alpha value is -4.18. The van der Waals surface area contributed by atoms with E-state index in [4.69, 9.17) is 9.97 Å². The minimum atomic E-state index is 0. The standard InChI is InChI=1S/C40H34N3OS.Pt/c1-25(2)30-14-10-15-31(26(3)4)39(30)28-21-22-41-38(24-28)45-29-12-9-11-27(23-29)34-20-19-33-32-13-5-6-16-35(32)43(40(33)42-34)36-17-7-8-18-37(36)44;/h5-22,24-26,44H,1-4H3;/q-1;. The van der Waals surface area contributed by atoms with Gasteiger partial charge in [0.05, 0.1) is 16.2 Å². The van der Waals surface area contributed by atoms with Gasteiger partial charge in [-0.15, -0.1) is 29.8 Å². The molecule has 0 amide bonds. The molecule has 1 N–H and O–H groups in total. The topological polar surface area (TPSA) is 50.9 Å². The molecule has 0 spiro atoms. The van der Waals surface area contributed by atoms with Gasteiger partial charge in [0.2, 0.25) is 0 Å². The molecule has 46 heavy (non-hydrogen) atoms. The predicted octanol–water partition coefficient (Wildman–Crippen LogP) is 10.8. The van der Waals surface area contributed by atoms with Crippen molar-refractivity contribution in [1.29, 1.82) is 0 Å². The Bertz CT molecular complexity index is 2160. The van der Waals surface area contributed by atoms with E-state index in [9.17, 15) is 5.11 Å². The zero-order valence-electron chi connectivity index (χ0n) is 26.1. The minimum Gasteiger partial charge on any atom is -0.506 e. The van der Waals surface area contributed by atoms with E-state index in [-0.39, 0.29) is 26.8 Å². The molecule has 4 aromatic carbocycles. The molecule has 0 atom stereocenters. The largest absolute Gasteiger partial charge is 0.506 e. The van der Waals surface area contributed by atoms with Gasteiger partial charge in [-0.1, -0.05) is 105 Å². The number of aromatic nitrogens is 3. The fraction of sp³-hybridized carbons (Fsp3) is 0.150. The van der Waals surface area contributed by atoms with Crippen LogP contribution in [0.2, 0.25) is 0 Å². The monoisotopic (exact) mass is 799 g/mol. The number of para-hydroxylation sites is 3. The summed E-state index contributed by atoms with van der Waals surface area (Å²) < 4.78 is 2.04. The van der Waals surface area contributed by atoms with Crippen molar-refractivity contribution >= 4 is 33.7 Å². The zero-order valence-corrected chi connectivity index (χ0v) is 29.2. The molecular weight excluding hydrogens is 766 g/mol. The molecule has 3 aromatic heterocycles. The predicted molar refractivity (Wildman–Crippen MR) is 186 cm³/mol. The maximum atomic E-state index is 10.8. The molecule has 0 aliphatic heterocycles. The third kappa shape index (κ3) is 5.90. The van der Waals surface area contributed by atoms with E-state index in [2.05, 4.69) is 94.4 Å². The molecule has 6 heteroatoms.